The summed E-state index contributed by atoms with van der Waals surface area (Å²) in [6.45, 7) is 4.05. The third-order valence-electron chi connectivity index (χ3n) is 4.58. The van der Waals surface area contributed by atoms with Gasteiger partial charge in [-0.05, 0) is 49.7 Å². The number of nitrogens with one attached hydrogen (secondary N) is 1. The van der Waals surface area contributed by atoms with Gasteiger partial charge in [0.25, 0.3) is 0 Å². The standard InChI is InChI=1S/C20H16N6O/c1-12-9-14(27-20-15-10-23-25-16(15)5-8-22-20)3-4-18(12)26-13(2)24-17-11-21-7-6-19(17)26/h3-11H,1-2H3,(H,23,25). The molecule has 7 nitrogen and oxygen atoms in total. The second-order valence-electron chi connectivity index (χ2n) is 6.36. The summed E-state index contributed by atoms with van der Waals surface area (Å²) in [5, 5.41) is 7.82. The Morgan fingerprint density at radius 3 is 2.85 bits per heavy atom. The summed E-state index contributed by atoms with van der Waals surface area (Å²) in [6.07, 6.45) is 6.98. The Morgan fingerprint density at radius 2 is 1.96 bits per heavy atom. The number of H-pyrrole nitrogens is 1. The van der Waals surface area contributed by atoms with Gasteiger partial charge in [0.2, 0.25) is 5.88 Å². The Labute approximate surface area is 154 Å². The van der Waals surface area contributed by atoms with Gasteiger partial charge in [0.15, 0.2) is 0 Å². The Hall–Kier alpha value is -3.74. The highest BCUT2D eigenvalue weighted by atomic mass is 16.5. The van der Waals surface area contributed by atoms with E-state index in [1.807, 2.05) is 37.3 Å². The van der Waals surface area contributed by atoms with Crippen molar-refractivity contribution in [3.8, 4) is 17.3 Å². The van der Waals surface area contributed by atoms with Crippen molar-refractivity contribution in [2.45, 2.75) is 13.8 Å². The van der Waals surface area contributed by atoms with Crippen LogP contribution < -0.4 is 4.74 Å². The average Bonchev–Trinajstić information content (AvgIpc) is 3.26. The first-order valence-electron chi connectivity index (χ1n) is 8.57. The minimum absolute atomic E-state index is 0.531. The molecular weight excluding hydrogens is 340 g/mol. The first-order valence-corrected chi connectivity index (χ1v) is 8.57. The summed E-state index contributed by atoms with van der Waals surface area (Å²) in [5.41, 5.74) is 4.94. The number of aromatic amines is 1. The minimum atomic E-state index is 0.531. The van der Waals surface area contributed by atoms with Gasteiger partial charge >= 0.3 is 0 Å². The van der Waals surface area contributed by atoms with E-state index in [9.17, 15) is 0 Å². The molecule has 132 valence electrons. The maximum Gasteiger partial charge on any atom is 0.230 e. The largest absolute Gasteiger partial charge is 0.438 e. The Balaban J connectivity index is 1.56. The predicted octanol–water partition coefficient (Wildman–Crippen LogP) is 4.10. The van der Waals surface area contributed by atoms with E-state index >= 15 is 0 Å². The molecule has 0 amide bonds. The van der Waals surface area contributed by atoms with Crippen LogP contribution in [0.1, 0.15) is 11.4 Å². The van der Waals surface area contributed by atoms with Crippen molar-refractivity contribution in [2.24, 2.45) is 0 Å². The summed E-state index contributed by atoms with van der Waals surface area (Å²) >= 11 is 0. The molecule has 7 heteroatoms. The second kappa shape index (κ2) is 5.91. The monoisotopic (exact) mass is 356 g/mol. The van der Waals surface area contributed by atoms with Crippen molar-refractivity contribution in [2.75, 3.05) is 0 Å². The van der Waals surface area contributed by atoms with Crippen LogP contribution >= 0.6 is 0 Å². The van der Waals surface area contributed by atoms with Gasteiger partial charge in [-0.25, -0.2) is 9.97 Å². The number of hydrogen-bond acceptors (Lipinski definition) is 5. The lowest BCUT2D eigenvalue weighted by Crippen LogP contribution is -2.00. The third kappa shape index (κ3) is 2.52. The molecule has 0 spiro atoms. The SMILES string of the molecule is Cc1cc(Oc2nccc3[nH]ncc23)ccc1-n1c(C)nc2cnccc21. The number of hydrogen-bond donors (Lipinski definition) is 1. The van der Waals surface area contributed by atoms with Crippen LogP contribution in [0, 0.1) is 13.8 Å². The molecule has 0 unspecified atom stereocenters. The van der Waals surface area contributed by atoms with E-state index in [1.165, 1.54) is 0 Å². The summed E-state index contributed by atoms with van der Waals surface area (Å²) in [4.78, 5) is 13.1. The summed E-state index contributed by atoms with van der Waals surface area (Å²) in [5.74, 6) is 2.17. The van der Waals surface area contributed by atoms with Gasteiger partial charge in [-0.1, -0.05) is 0 Å². The normalized spacial score (nSPS) is 11.3. The van der Waals surface area contributed by atoms with Crippen LogP contribution in [0.2, 0.25) is 0 Å². The Morgan fingerprint density at radius 1 is 1.04 bits per heavy atom. The molecule has 0 radical (unpaired) electrons. The molecule has 0 aliphatic heterocycles. The van der Waals surface area contributed by atoms with Crippen LogP contribution in [0.15, 0.2) is 55.1 Å². The molecule has 0 aliphatic carbocycles. The molecule has 0 fully saturated rings. The highest BCUT2D eigenvalue weighted by Crippen LogP contribution is 2.30. The maximum atomic E-state index is 6.01. The fourth-order valence-electron chi connectivity index (χ4n) is 3.33. The number of benzene rings is 1. The lowest BCUT2D eigenvalue weighted by molar-refractivity contribution is 0.469. The molecule has 1 N–H and O–H groups in total. The highest BCUT2D eigenvalue weighted by Gasteiger charge is 2.13. The number of aryl methyl sites for hydroxylation is 2. The van der Waals surface area contributed by atoms with E-state index in [-0.39, 0.29) is 0 Å². The molecule has 0 saturated heterocycles. The van der Waals surface area contributed by atoms with Crippen molar-refractivity contribution < 1.29 is 4.74 Å². The molecule has 4 heterocycles. The van der Waals surface area contributed by atoms with E-state index < -0.39 is 0 Å². The van der Waals surface area contributed by atoms with Crippen molar-refractivity contribution in [1.82, 2.24) is 29.7 Å². The zero-order valence-corrected chi connectivity index (χ0v) is 14.8. The highest BCUT2D eigenvalue weighted by molar-refractivity contribution is 5.83. The zero-order chi connectivity index (χ0) is 18.4. The van der Waals surface area contributed by atoms with Crippen LogP contribution in [-0.4, -0.2) is 29.7 Å². The van der Waals surface area contributed by atoms with Gasteiger partial charge < -0.3 is 4.74 Å². The van der Waals surface area contributed by atoms with E-state index in [2.05, 4.69) is 36.6 Å². The Kier molecular flexibility index (Phi) is 3.39. The third-order valence-corrected chi connectivity index (χ3v) is 4.58. The van der Waals surface area contributed by atoms with E-state index in [1.54, 1.807) is 24.8 Å². The van der Waals surface area contributed by atoms with Crippen molar-refractivity contribution in [1.29, 1.82) is 0 Å². The van der Waals surface area contributed by atoms with Crippen molar-refractivity contribution in [3.05, 3.63) is 66.5 Å². The van der Waals surface area contributed by atoms with Crippen LogP contribution in [0.5, 0.6) is 11.6 Å². The fourth-order valence-corrected chi connectivity index (χ4v) is 3.33. The van der Waals surface area contributed by atoms with E-state index in [0.29, 0.717) is 5.88 Å². The molecule has 1 aromatic carbocycles. The smallest absolute Gasteiger partial charge is 0.230 e. The number of ether oxygens (including phenoxy) is 1. The van der Waals surface area contributed by atoms with Gasteiger partial charge in [0, 0.05) is 12.4 Å². The van der Waals surface area contributed by atoms with Crippen LogP contribution in [0.3, 0.4) is 0 Å². The van der Waals surface area contributed by atoms with Gasteiger partial charge in [0.05, 0.1) is 34.5 Å². The zero-order valence-electron chi connectivity index (χ0n) is 14.8. The number of rotatable bonds is 3. The van der Waals surface area contributed by atoms with Crippen LogP contribution in [-0.2, 0) is 0 Å². The molecule has 5 aromatic rings. The minimum Gasteiger partial charge on any atom is -0.438 e. The summed E-state index contributed by atoms with van der Waals surface area (Å²) < 4.78 is 8.15. The number of imidazole rings is 1. The lowest BCUT2D eigenvalue weighted by Gasteiger charge is -2.12. The Bertz CT molecular complexity index is 1290. The first kappa shape index (κ1) is 15.5. The summed E-state index contributed by atoms with van der Waals surface area (Å²) in [7, 11) is 0. The number of aromatic nitrogens is 6. The van der Waals surface area contributed by atoms with Gasteiger partial charge in [0.1, 0.15) is 17.1 Å². The molecule has 0 atom stereocenters. The summed E-state index contributed by atoms with van der Waals surface area (Å²) in [6, 6.07) is 9.82. The number of fused-ring (bicyclic) bond motifs is 2. The number of pyridine rings is 2. The lowest BCUT2D eigenvalue weighted by atomic mass is 10.2. The number of nitrogens with zero attached hydrogens (tertiary/aromatic N) is 5. The molecule has 5 rings (SSSR count). The van der Waals surface area contributed by atoms with Crippen molar-refractivity contribution in [3.63, 3.8) is 0 Å². The molecule has 0 aliphatic rings. The molecule has 0 bridgehead atoms. The first-order chi connectivity index (χ1) is 13.2. The molecule has 27 heavy (non-hydrogen) atoms. The van der Waals surface area contributed by atoms with E-state index in [0.717, 1.165) is 44.8 Å². The molecule has 0 saturated carbocycles. The van der Waals surface area contributed by atoms with Crippen LogP contribution in [0.4, 0.5) is 0 Å². The molecular formula is C20H16N6O. The van der Waals surface area contributed by atoms with E-state index in [4.69, 9.17) is 4.74 Å². The fraction of sp³-hybridized carbons (Fsp3) is 0.100. The molecule has 4 aromatic heterocycles. The maximum absolute atomic E-state index is 6.01. The second-order valence-corrected chi connectivity index (χ2v) is 6.36. The van der Waals surface area contributed by atoms with Crippen LogP contribution in [0.25, 0.3) is 27.6 Å². The van der Waals surface area contributed by atoms with Gasteiger partial charge in [-0.15, -0.1) is 0 Å². The topological polar surface area (TPSA) is 81.5 Å². The predicted molar refractivity (Wildman–Crippen MR) is 102 cm³/mol. The van der Waals surface area contributed by atoms with Crippen molar-refractivity contribution >= 4 is 21.9 Å². The van der Waals surface area contributed by atoms with Gasteiger partial charge in [-0.3, -0.25) is 14.6 Å². The van der Waals surface area contributed by atoms with Gasteiger partial charge in [-0.2, -0.15) is 5.10 Å². The quantitative estimate of drug-likeness (QED) is 0.526. The average molecular weight is 356 g/mol.